The molecule has 3 heterocycles. The van der Waals surface area contributed by atoms with Crippen LogP contribution in [0.1, 0.15) is 23.6 Å². The first kappa shape index (κ1) is 16.9. The zero-order chi connectivity index (χ0) is 17.3. The molecule has 0 bridgehead atoms. The van der Waals surface area contributed by atoms with Gasteiger partial charge in [0.25, 0.3) is 0 Å². The third-order valence-electron chi connectivity index (χ3n) is 4.08. The number of aryl methyl sites for hydroxylation is 1. The fraction of sp³-hybridized carbons (Fsp3) is 0.643. The van der Waals surface area contributed by atoms with Crippen molar-refractivity contribution >= 4 is 0 Å². The van der Waals surface area contributed by atoms with Gasteiger partial charge in [0.05, 0.1) is 6.54 Å². The first-order chi connectivity index (χ1) is 11.3. The van der Waals surface area contributed by atoms with E-state index >= 15 is 0 Å². The van der Waals surface area contributed by atoms with E-state index in [4.69, 9.17) is 4.52 Å². The van der Waals surface area contributed by atoms with Gasteiger partial charge in [-0.15, -0.1) is 0 Å². The fourth-order valence-electron chi connectivity index (χ4n) is 2.82. The van der Waals surface area contributed by atoms with E-state index in [1.165, 1.54) is 12.4 Å². The minimum Gasteiger partial charge on any atom is -0.338 e. The summed E-state index contributed by atoms with van der Waals surface area (Å²) in [6.45, 7) is 3.16. The maximum absolute atomic E-state index is 12.6. The van der Waals surface area contributed by atoms with Crippen molar-refractivity contribution in [2.24, 2.45) is 0 Å². The van der Waals surface area contributed by atoms with Crippen molar-refractivity contribution in [3.8, 4) is 0 Å². The Bertz CT molecular complexity index is 682. The van der Waals surface area contributed by atoms with Gasteiger partial charge in [-0.1, -0.05) is 5.16 Å². The SMILES string of the molecule is Cc1noc([C@@H]2CN(Cc3nccn3CC(F)(F)F)CCN2C)n1. The quantitative estimate of drug-likeness (QED) is 0.840. The molecule has 24 heavy (non-hydrogen) atoms. The van der Waals surface area contributed by atoms with Crippen LogP contribution in [0.5, 0.6) is 0 Å². The Morgan fingerprint density at radius 3 is 2.79 bits per heavy atom. The van der Waals surface area contributed by atoms with E-state index in [1.54, 1.807) is 6.92 Å². The Hall–Kier alpha value is -1.94. The molecule has 0 saturated carbocycles. The number of rotatable bonds is 4. The highest BCUT2D eigenvalue weighted by Gasteiger charge is 2.32. The number of hydrogen-bond donors (Lipinski definition) is 0. The maximum atomic E-state index is 12.6. The van der Waals surface area contributed by atoms with Crippen molar-refractivity contribution in [1.29, 1.82) is 0 Å². The van der Waals surface area contributed by atoms with Gasteiger partial charge < -0.3 is 9.09 Å². The van der Waals surface area contributed by atoms with Crippen molar-refractivity contribution in [2.45, 2.75) is 32.2 Å². The molecule has 0 spiro atoms. The van der Waals surface area contributed by atoms with Crippen LogP contribution in [0.3, 0.4) is 0 Å². The minimum atomic E-state index is -4.26. The van der Waals surface area contributed by atoms with Crippen molar-refractivity contribution in [3.05, 3.63) is 29.9 Å². The molecule has 1 saturated heterocycles. The van der Waals surface area contributed by atoms with Crippen LogP contribution in [0.2, 0.25) is 0 Å². The molecule has 7 nitrogen and oxygen atoms in total. The number of imidazole rings is 1. The minimum absolute atomic E-state index is 0.0778. The Balaban J connectivity index is 1.69. The standard InChI is InChI=1S/C14H19F3N6O/c1-10-19-13(24-20-10)11-7-22(6-5-21(11)2)8-12-18-3-4-23(12)9-14(15,16)17/h3-4,11H,5-9H2,1-2H3/t11-/m0/s1. The third-order valence-corrected chi connectivity index (χ3v) is 4.08. The summed E-state index contributed by atoms with van der Waals surface area (Å²) in [5.74, 6) is 1.49. The van der Waals surface area contributed by atoms with E-state index in [9.17, 15) is 13.2 Å². The number of halogens is 3. The molecule has 1 fully saturated rings. The summed E-state index contributed by atoms with van der Waals surface area (Å²) in [6, 6.07) is -0.0778. The number of hydrogen-bond acceptors (Lipinski definition) is 6. The Kier molecular flexibility index (Phi) is 4.59. The second-order valence-corrected chi connectivity index (χ2v) is 6.00. The normalized spacial score (nSPS) is 20.6. The molecule has 0 aliphatic carbocycles. The first-order valence-corrected chi connectivity index (χ1v) is 7.61. The molecule has 1 aliphatic heterocycles. The molecule has 0 radical (unpaired) electrons. The molecule has 10 heteroatoms. The van der Waals surface area contributed by atoms with Gasteiger partial charge in [0.1, 0.15) is 18.4 Å². The predicted molar refractivity (Wildman–Crippen MR) is 78.0 cm³/mol. The molecule has 2 aromatic heterocycles. The highest BCUT2D eigenvalue weighted by atomic mass is 19.4. The largest absolute Gasteiger partial charge is 0.406 e. The van der Waals surface area contributed by atoms with Crippen LogP contribution in [0, 0.1) is 6.92 Å². The van der Waals surface area contributed by atoms with Crippen LogP contribution >= 0.6 is 0 Å². The highest BCUT2D eigenvalue weighted by molar-refractivity contribution is 4.98. The Morgan fingerprint density at radius 2 is 2.12 bits per heavy atom. The number of likely N-dealkylation sites (N-methyl/N-ethyl adjacent to an activating group) is 1. The smallest absolute Gasteiger partial charge is 0.338 e. The summed E-state index contributed by atoms with van der Waals surface area (Å²) in [5, 5.41) is 3.81. The number of alkyl halides is 3. The van der Waals surface area contributed by atoms with E-state index in [0.29, 0.717) is 30.6 Å². The molecular weight excluding hydrogens is 325 g/mol. The fourth-order valence-corrected chi connectivity index (χ4v) is 2.82. The van der Waals surface area contributed by atoms with Gasteiger partial charge in [-0.2, -0.15) is 18.2 Å². The van der Waals surface area contributed by atoms with E-state index in [1.807, 2.05) is 7.05 Å². The topological polar surface area (TPSA) is 63.2 Å². The molecule has 1 aliphatic rings. The van der Waals surface area contributed by atoms with Gasteiger partial charge in [-0.25, -0.2) is 4.98 Å². The average Bonchev–Trinajstić information content (AvgIpc) is 3.09. The van der Waals surface area contributed by atoms with Gasteiger partial charge >= 0.3 is 6.18 Å². The lowest BCUT2D eigenvalue weighted by molar-refractivity contribution is -0.141. The number of aromatic nitrogens is 4. The maximum Gasteiger partial charge on any atom is 0.406 e. The lowest BCUT2D eigenvalue weighted by Crippen LogP contribution is -2.46. The second-order valence-electron chi connectivity index (χ2n) is 6.00. The van der Waals surface area contributed by atoms with Crippen LogP contribution < -0.4 is 0 Å². The third kappa shape index (κ3) is 3.93. The first-order valence-electron chi connectivity index (χ1n) is 7.61. The van der Waals surface area contributed by atoms with Gasteiger partial charge in [0, 0.05) is 32.0 Å². The van der Waals surface area contributed by atoms with E-state index in [2.05, 4.69) is 24.9 Å². The Labute approximate surface area is 137 Å². The van der Waals surface area contributed by atoms with Gasteiger partial charge in [-0.3, -0.25) is 9.80 Å². The van der Waals surface area contributed by atoms with Gasteiger partial charge in [-0.05, 0) is 14.0 Å². The summed E-state index contributed by atoms with van der Waals surface area (Å²) < 4.78 is 44.2. The molecule has 0 N–H and O–H groups in total. The highest BCUT2D eigenvalue weighted by Crippen LogP contribution is 2.24. The van der Waals surface area contributed by atoms with Crippen LogP contribution in [-0.2, 0) is 13.1 Å². The van der Waals surface area contributed by atoms with Crippen LogP contribution in [0.15, 0.2) is 16.9 Å². The van der Waals surface area contributed by atoms with Crippen molar-refractivity contribution < 1.29 is 17.7 Å². The lowest BCUT2D eigenvalue weighted by atomic mass is 10.1. The zero-order valence-corrected chi connectivity index (χ0v) is 13.5. The molecule has 3 rings (SSSR count). The molecule has 132 valence electrons. The van der Waals surface area contributed by atoms with Crippen molar-refractivity contribution in [1.82, 2.24) is 29.5 Å². The molecule has 0 unspecified atom stereocenters. The van der Waals surface area contributed by atoms with E-state index in [-0.39, 0.29) is 6.04 Å². The van der Waals surface area contributed by atoms with Crippen LogP contribution in [0.25, 0.3) is 0 Å². The van der Waals surface area contributed by atoms with Gasteiger partial charge in [0.15, 0.2) is 5.82 Å². The lowest BCUT2D eigenvalue weighted by Gasteiger charge is -2.37. The summed E-state index contributed by atoms with van der Waals surface area (Å²) >= 11 is 0. The summed E-state index contributed by atoms with van der Waals surface area (Å²) in [7, 11) is 1.96. The summed E-state index contributed by atoms with van der Waals surface area (Å²) in [5.41, 5.74) is 0. The number of nitrogens with zero attached hydrogens (tertiary/aromatic N) is 6. The monoisotopic (exact) mass is 344 g/mol. The Morgan fingerprint density at radius 1 is 1.33 bits per heavy atom. The molecule has 0 amide bonds. The zero-order valence-electron chi connectivity index (χ0n) is 13.5. The van der Waals surface area contributed by atoms with E-state index < -0.39 is 12.7 Å². The predicted octanol–water partition coefficient (Wildman–Crippen LogP) is 1.63. The van der Waals surface area contributed by atoms with Crippen LogP contribution in [0.4, 0.5) is 13.2 Å². The van der Waals surface area contributed by atoms with Crippen molar-refractivity contribution in [2.75, 3.05) is 26.7 Å². The second kappa shape index (κ2) is 6.52. The van der Waals surface area contributed by atoms with Gasteiger partial charge in [0.2, 0.25) is 5.89 Å². The summed E-state index contributed by atoms with van der Waals surface area (Å²) in [6.07, 6.45) is -1.50. The average molecular weight is 344 g/mol. The molecule has 0 aromatic carbocycles. The van der Waals surface area contributed by atoms with Crippen LogP contribution in [-0.4, -0.2) is 62.3 Å². The summed E-state index contributed by atoms with van der Waals surface area (Å²) in [4.78, 5) is 12.5. The van der Waals surface area contributed by atoms with Crippen molar-refractivity contribution in [3.63, 3.8) is 0 Å². The molecule has 2 aromatic rings. The van der Waals surface area contributed by atoms with E-state index in [0.717, 1.165) is 17.7 Å². The molecular formula is C14H19F3N6O. The molecule has 1 atom stereocenters. The number of piperazine rings is 1.